The first-order chi connectivity index (χ1) is 10.3. The van der Waals surface area contributed by atoms with Gasteiger partial charge in [0, 0.05) is 12.6 Å². The molecule has 0 aromatic rings. The van der Waals surface area contributed by atoms with Gasteiger partial charge >= 0.3 is 0 Å². The first-order valence-corrected chi connectivity index (χ1v) is 9.65. The van der Waals surface area contributed by atoms with Crippen LogP contribution < -0.4 is 5.73 Å². The molecule has 0 bridgehead atoms. The van der Waals surface area contributed by atoms with Crippen molar-refractivity contribution < 1.29 is 4.74 Å². The zero-order valence-corrected chi connectivity index (χ0v) is 14.2. The van der Waals surface area contributed by atoms with Gasteiger partial charge in [0.15, 0.2) is 0 Å². The molecular formula is C19H37NO. The summed E-state index contributed by atoms with van der Waals surface area (Å²) in [5.74, 6) is 0.719. The lowest BCUT2D eigenvalue weighted by molar-refractivity contribution is -0.0965. The van der Waals surface area contributed by atoms with Crippen LogP contribution in [-0.2, 0) is 4.74 Å². The predicted octanol–water partition coefficient (Wildman–Crippen LogP) is 5.19. The molecular weight excluding hydrogens is 258 g/mol. The van der Waals surface area contributed by atoms with Gasteiger partial charge in [0.1, 0.15) is 0 Å². The first kappa shape index (κ1) is 17.3. The monoisotopic (exact) mass is 295 g/mol. The summed E-state index contributed by atoms with van der Waals surface area (Å²) in [4.78, 5) is 0. The minimum Gasteiger partial charge on any atom is -0.375 e. The molecule has 2 rings (SSSR count). The second kappa shape index (κ2) is 9.15. The molecule has 2 nitrogen and oxygen atoms in total. The van der Waals surface area contributed by atoms with Crippen molar-refractivity contribution in [2.45, 2.75) is 108 Å². The molecule has 1 heterocycles. The van der Waals surface area contributed by atoms with E-state index in [-0.39, 0.29) is 5.60 Å². The highest BCUT2D eigenvalue weighted by Crippen LogP contribution is 2.43. The maximum atomic E-state index is 6.51. The van der Waals surface area contributed by atoms with Gasteiger partial charge < -0.3 is 10.5 Å². The summed E-state index contributed by atoms with van der Waals surface area (Å²) in [5, 5.41) is 0. The van der Waals surface area contributed by atoms with Crippen LogP contribution in [0.3, 0.4) is 0 Å². The zero-order chi connectivity index (χ0) is 15.0. The topological polar surface area (TPSA) is 35.2 Å². The van der Waals surface area contributed by atoms with Crippen LogP contribution in [0.5, 0.6) is 0 Å². The van der Waals surface area contributed by atoms with Crippen LogP contribution in [0, 0.1) is 5.92 Å². The van der Waals surface area contributed by atoms with E-state index >= 15 is 0 Å². The lowest BCUT2D eigenvalue weighted by atomic mass is 9.79. The van der Waals surface area contributed by atoms with Gasteiger partial charge in [-0.3, -0.25) is 0 Å². The Balaban J connectivity index is 1.58. The smallest absolute Gasteiger partial charge is 0.0685 e. The van der Waals surface area contributed by atoms with Crippen molar-refractivity contribution >= 4 is 0 Å². The molecule has 0 radical (unpaired) electrons. The van der Waals surface area contributed by atoms with E-state index in [4.69, 9.17) is 10.5 Å². The normalized spacial score (nSPS) is 26.3. The molecule has 1 saturated heterocycles. The molecule has 1 aliphatic carbocycles. The van der Waals surface area contributed by atoms with Crippen LogP contribution in [0.1, 0.15) is 96.8 Å². The summed E-state index contributed by atoms with van der Waals surface area (Å²) in [7, 11) is 0. The number of hydrogen-bond donors (Lipinski definition) is 1. The Morgan fingerprint density at radius 1 is 1.05 bits per heavy atom. The van der Waals surface area contributed by atoms with E-state index in [1.807, 2.05) is 0 Å². The number of nitrogens with two attached hydrogens (primary N) is 1. The van der Waals surface area contributed by atoms with Gasteiger partial charge in [0.25, 0.3) is 0 Å². The molecule has 1 aliphatic heterocycles. The fourth-order valence-corrected chi connectivity index (χ4v) is 4.37. The van der Waals surface area contributed by atoms with Crippen LogP contribution in [-0.4, -0.2) is 18.2 Å². The molecule has 1 spiro atoms. The molecule has 2 heteroatoms. The third kappa shape index (κ3) is 5.56. The van der Waals surface area contributed by atoms with E-state index in [1.165, 1.54) is 89.9 Å². The Morgan fingerprint density at radius 3 is 2.43 bits per heavy atom. The molecule has 2 aliphatic rings. The summed E-state index contributed by atoms with van der Waals surface area (Å²) in [6.45, 7) is 3.24. The maximum Gasteiger partial charge on any atom is 0.0685 e. The van der Waals surface area contributed by atoms with E-state index in [0.717, 1.165) is 12.5 Å². The molecule has 2 atom stereocenters. The van der Waals surface area contributed by atoms with E-state index < -0.39 is 0 Å². The molecule has 2 fully saturated rings. The highest BCUT2D eigenvalue weighted by atomic mass is 16.5. The van der Waals surface area contributed by atoms with Gasteiger partial charge in [0.05, 0.1) is 5.60 Å². The average molecular weight is 296 g/mol. The molecule has 1 saturated carbocycles. The third-order valence-corrected chi connectivity index (χ3v) is 5.79. The van der Waals surface area contributed by atoms with Crippen molar-refractivity contribution in [1.82, 2.24) is 0 Å². The van der Waals surface area contributed by atoms with Crippen molar-refractivity contribution in [2.24, 2.45) is 11.7 Å². The summed E-state index contributed by atoms with van der Waals surface area (Å²) in [6, 6.07) is 0.419. The second-order valence-electron chi connectivity index (χ2n) is 7.57. The molecule has 0 aromatic heterocycles. The predicted molar refractivity (Wildman–Crippen MR) is 90.5 cm³/mol. The third-order valence-electron chi connectivity index (χ3n) is 5.79. The lowest BCUT2D eigenvalue weighted by Gasteiger charge is -2.40. The number of ether oxygens (including phenoxy) is 1. The Kier molecular flexibility index (Phi) is 7.53. The second-order valence-corrected chi connectivity index (χ2v) is 7.57. The van der Waals surface area contributed by atoms with Gasteiger partial charge in [-0.05, 0) is 38.0 Å². The largest absolute Gasteiger partial charge is 0.375 e. The quantitative estimate of drug-likeness (QED) is 0.594. The molecule has 0 amide bonds. The number of rotatable bonds is 9. The van der Waals surface area contributed by atoms with Gasteiger partial charge in [-0.25, -0.2) is 0 Å². The Hall–Kier alpha value is -0.0800. The SMILES string of the molecule is CCCCCCCCCC(N)C1CCOC2(CCCC2)C1. The summed E-state index contributed by atoms with van der Waals surface area (Å²) >= 11 is 0. The van der Waals surface area contributed by atoms with E-state index in [2.05, 4.69) is 6.92 Å². The van der Waals surface area contributed by atoms with Crippen LogP contribution in [0.2, 0.25) is 0 Å². The highest BCUT2D eigenvalue weighted by molar-refractivity contribution is 4.93. The van der Waals surface area contributed by atoms with Gasteiger partial charge in [-0.1, -0.05) is 64.7 Å². The van der Waals surface area contributed by atoms with Crippen LogP contribution in [0.25, 0.3) is 0 Å². The fourth-order valence-electron chi connectivity index (χ4n) is 4.37. The molecule has 21 heavy (non-hydrogen) atoms. The molecule has 124 valence electrons. The highest BCUT2D eigenvalue weighted by Gasteiger charge is 2.41. The van der Waals surface area contributed by atoms with Crippen molar-refractivity contribution in [3.05, 3.63) is 0 Å². The Labute approximate surface area is 132 Å². The summed E-state index contributed by atoms with van der Waals surface area (Å²) < 4.78 is 6.13. The Morgan fingerprint density at radius 2 is 1.71 bits per heavy atom. The fraction of sp³-hybridized carbons (Fsp3) is 1.00. The zero-order valence-electron chi connectivity index (χ0n) is 14.2. The van der Waals surface area contributed by atoms with Crippen LogP contribution in [0.15, 0.2) is 0 Å². The Bertz CT molecular complexity index is 273. The van der Waals surface area contributed by atoms with Crippen molar-refractivity contribution in [3.8, 4) is 0 Å². The summed E-state index contributed by atoms with van der Waals surface area (Å²) in [6.07, 6.45) is 18.7. The molecule has 0 aromatic carbocycles. The van der Waals surface area contributed by atoms with Gasteiger partial charge in [-0.2, -0.15) is 0 Å². The first-order valence-electron chi connectivity index (χ1n) is 9.65. The number of hydrogen-bond acceptors (Lipinski definition) is 2. The van der Waals surface area contributed by atoms with Gasteiger partial charge in [0.2, 0.25) is 0 Å². The van der Waals surface area contributed by atoms with E-state index in [0.29, 0.717) is 6.04 Å². The molecule has 2 N–H and O–H groups in total. The standard InChI is InChI=1S/C19H37NO/c1-2-3-4-5-6-7-8-11-18(20)17-12-15-21-19(16-17)13-9-10-14-19/h17-18H,2-16,20H2,1H3. The average Bonchev–Trinajstić information content (AvgIpc) is 2.94. The van der Waals surface area contributed by atoms with Gasteiger partial charge in [-0.15, -0.1) is 0 Å². The summed E-state index contributed by atoms with van der Waals surface area (Å²) in [5.41, 5.74) is 6.74. The van der Waals surface area contributed by atoms with Crippen molar-refractivity contribution in [3.63, 3.8) is 0 Å². The van der Waals surface area contributed by atoms with Crippen LogP contribution >= 0.6 is 0 Å². The number of unbranched alkanes of at least 4 members (excludes halogenated alkanes) is 6. The van der Waals surface area contributed by atoms with Crippen LogP contribution in [0.4, 0.5) is 0 Å². The minimum atomic E-state index is 0.237. The van der Waals surface area contributed by atoms with E-state index in [9.17, 15) is 0 Å². The van der Waals surface area contributed by atoms with Crippen molar-refractivity contribution in [2.75, 3.05) is 6.61 Å². The maximum absolute atomic E-state index is 6.51. The van der Waals surface area contributed by atoms with Crippen molar-refractivity contribution in [1.29, 1.82) is 0 Å². The lowest BCUT2D eigenvalue weighted by Crippen LogP contribution is -2.43. The minimum absolute atomic E-state index is 0.237. The van der Waals surface area contributed by atoms with E-state index in [1.54, 1.807) is 0 Å². The molecule has 2 unspecified atom stereocenters.